The summed E-state index contributed by atoms with van der Waals surface area (Å²) in [6, 6.07) is 0. The highest BCUT2D eigenvalue weighted by molar-refractivity contribution is 5.65. The average molecular weight is 173 g/mol. The number of hydrogen-bond donors (Lipinski definition) is 1. The molecule has 1 aromatic heterocycles. The topological polar surface area (TPSA) is 15.8 Å². The first kappa shape index (κ1) is 8.36. The Morgan fingerprint density at radius 2 is 2.31 bits per heavy atom. The lowest BCUT2D eigenvalue weighted by Crippen LogP contribution is -1.91. The van der Waals surface area contributed by atoms with Gasteiger partial charge in [-0.3, -0.25) is 0 Å². The Morgan fingerprint density at radius 1 is 1.46 bits per heavy atom. The number of aromatic amines is 1. The highest BCUT2D eigenvalue weighted by atomic mass is 14.7. The van der Waals surface area contributed by atoms with Gasteiger partial charge in [-0.1, -0.05) is 18.2 Å². The van der Waals surface area contributed by atoms with Gasteiger partial charge < -0.3 is 4.98 Å². The van der Waals surface area contributed by atoms with Gasteiger partial charge in [0.1, 0.15) is 0 Å². The maximum absolute atomic E-state index is 3.46. The van der Waals surface area contributed by atoms with E-state index in [1.54, 1.807) is 0 Å². The summed E-state index contributed by atoms with van der Waals surface area (Å²) in [5.41, 5.74) is 5.44. The summed E-state index contributed by atoms with van der Waals surface area (Å²) in [7, 11) is 0. The maximum atomic E-state index is 3.46. The van der Waals surface area contributed by atoms with Crippen LogP contribution in [0, 0.1) is 6.92 Å². The van der Waals surface area contributed by atoms with E-state index < -0.39 is 0 Å². The number of aryl methyl sites for hydroxylation is 1. The largest absolute Gasteiger partial charge is 0.358 e. The molecule has 1 aliphatic rings. The molecule has 0 radical (unpaired) electrons. The summed E-state index contributed by atoms with van der Waals surface area (Å²) < 4.78 is 0. The second-order valence-electron chi connectivity index (χ2n) is 3.50. The fourth-order valence-corrected chi connectivity index (χ4v) is 1.88. The van der Waals surface area contributed by atoms with Crippen molar-refractivity contribution in [3.8, 4) is 0 Å². The molecule has 1 heterocycles. The van der Waals surface area contributed by atoms with Crippen LogP contribution in [-0.4, -0.2) is 4.98 Å². The molecule has 68 valence electrons. The molecule has 1 heteroatoms. The number of fused-ring (bicyclic) bond motifs is 1. The number of hydrogen-bond acceptors (Lipinski definition) is 0. The van der Waals surface area contributed by atoms with Crippen molar-refractivity contribution in [1.29, 1.82) is 0 Å². The highest BCUT2D eigenvalue weighted by Crippen LogP contribution is 2.25. The average Bonchev–Trinajstić information content (AvgIpc) is 2.46. The van der Waals surface area contributed by atoms with Crippen molar-refractivity contribution in [3.63, 3.8) is 0 Å². The van der Waals surface area contributed by atoms with Crippen molar-refractivity contribution in [2.45, 2.75) is 26.7 Å². The lowest BCUT2D eigenvalue weighted by atomic mass is 10.0. The third-order valence-corrected chi connectivity index (χ3v) is 2.60. The van der Waals surface area contributed by atoms with E-state index in [9.17, 15) is 0 Å². The molecule has 0 aliphatic heterocycles. The molecule has 0 atom stereocenters. The summed E-state index contributed by atoms with van der Waals surface area (Å²) in [5, 5.41) is 0. The summed E-state index contributed by atoms with van der Waals surface area (Å²) in [6.07, 6.45) is 11.0. The predicted octanol–water partition coefficient (Wildman–Crippen LogP) is 3.32. The zero-order valence-electron chi connectivity index (χ0n) is 8.22. The van der Waals surface area contributed by atoms with Crippen LogP contribution in [0.3, 0.4) is 0 Å². The Kier molecular flexibility index (Phi) is 2.09. The summed E-state index contributed by atoms with van der Waals surface area (Å²) in [4.78, 5) is 3.46. The minimum atomic E-state index is 1.16. The van der Waals surface area contributed by atoms with Gasteiger partial charge in [-0.2, -0.15) is 0 Å². The molecule has 0 fully saturated rings. The molecule has 0 amide bonds. The van der Waals surface area contributed by atoms with Crippen LogP contribution in [-0.2, 0) is 6.42 Å². The van der Waals surface area contributed by atoms with Crippen LogP contribution in [0.25, 0.3) is 12.2 Å². The molecular formula is C12H15N. The van der Waals surface area contributed by atoms with E-state index in [0.29, 0.717) is 0 Å². The smallest absolute Gasteiger partial charge is 0.0415 e. The Balaban J connectivity index is 2.52. The van der Waals surface area contributed by atoms with Gasteiger partial charge in [0.25, 0.3) is 0 Å². The fourth-order valence-electron chi connectivity index (χ4n) is 1.88. The molecule has 2 rings (SSSR count). The standard InChI is InChI=1S/C12H15N/c1-3-6-11-9(2)10-7-4-5-8-12(10)13-11/h3-4,6-7,13H,5,8H2,1-2H3/b6-3-. The number of rotatable bonds is 1. The maximum Gasteiger partial charge on any atom is 0.0415 e. The molecule has 0 saturated carbocycles. The van der Waals surface area contributed by atoms with Crippen molar-refractivity contribution in [3.05, 3.63) is 34.7 Å². The van der Waals surface area contributed by atoms with E-state index in [2.05, 4.69) is 43.1 Å². The van der Waals surface area contributed by atoms with E-state index in [0.717, 1.165) is 6.42 Å². The van der Waals surface area contributed by atoms with Crippen LogP contribution in [0.2, 0.25) is 0 Å². The Morgan fingerprint density at radius 3 is 3.00 bits per heavy atom. The van der Waals surface area contributed by atoms with Crippen LogP contribution in [0.1, 0.15) is 35.9 Å². The minimum absolute atomic E-state index is 1.16. The molecular weight excluding hydrogens is 158 g/mol. The molecule has 0 aromatic carbocycles. The van der Waals surface area contributed by atoms with Crippen molar-refractivity contribution in [2.24, 2.45) is 0 Å². The molecule has 1 aromatic rings. The van der Waals surface area contributed by atoms with E-state index in [-0.39, 0.29) is 0 Å². The monoisotopic (exact) mass is 173 g/mol. The molecule has 0 bridgehead atoms. The first-order chi connectivity index (χ1) is 6.33. The first-order valence-corrected chi connectivity index (χ1v) is 4.83. The third-order valence-electron chi connectivity index (χ3n) is 2.60. The Hall–Kier alpha value is -1.24. The van der Waals surface area contributed by atoms with E-state index >= 15 is 0 Å². The number of aromatic nitrogens is 1. The van der Waals surface area contributed by atoms with Gasteiger partial charge in [0, 0.05) is 11.4 Å². The van der Waals surface area contributed by atoms with Crippen molar-refractivity contribution < 1.29 is 0 Å². The lowest BCUT2D eigenvalue weighted by Gasteiger charge is -2.03. The Labute approximate surface area is 79.2 Å². The quantitative estimate of drug-likeness (QED) is 0.670. The van der Waals surface area contributed by atoms with Crippen LogP contribution in [0.5, 0.6) is 0 Å². The van der Waals surface area contributed by atoms with Gasteiger partial charge in [-0.05, 0) is 43.9 Å². The van der Waals surface area contributed by atoms with Gasteiger partial charge >= 0.3 is 0 Å². The molecule has 13 heavy (non-hydrogen) atoms. The molecule has 0 saturated heterocycles. The van der Waals surface area contributed by atoms with Gasteiger partial charge in [0.15, 0.2) is 0 Å². The molecule has 1 aliphatic carbocycles. The number of nitrogens with one attached hydrogen (secondary N) is 1. The van der Waals surface area contributed by atoms with Crippen molar-refractivity contribution >= 4 is 12.2 Å². The summed E-state index contributed by atoms with van der Waals surface area (Å²) in [5.74, 6) is 0. The Bertz CT molecular complexity index is 367. The number of allylic oxidation sites excluding steroid dienone is 2. The SMILES string of the molecule is C/C=C\c1[nH]c2c(c1C)C=CCC2. The van der Waals surface area contributed by atoms with Crippen LogP contribution >= 0.6 is 0 Å². The fraction of sp³-hybridized carbons (Fsp3) is 0.333. The summed E-state index contributed by atoms with van der Waals surface area (Å²) >= 11 is 0. The minimum Gasteiger partial charge on any atom is -0.358 e. The zero-order chi connectivity index (χ0) is 9.26. The van der Waals surface area contributed by atoms with E-state index in [4.69, 9.17) is 0 Å². The van der Waals surface area contributed by atoms with Gasteiger partial charge in [0.2, 0.25) is 0 Å². The lowest BCUT2D eigenvalue weighted by molar-refractivity contribution is 0.943. The normalized spacial score (nSPS) is 15.2. The van der Waals surface area contributed by atoms with Crippen molar-refractivity contribution in [2.75, 3.05) is 0 Å². The molecule has 1 N–H and O–H groups in total. The second kappa shape index (κ2) is 3.25. The van der Waals surface area contributed by atoms with E-state index in [1.165, 1.54) is 28.9 Å². The molecule has 1 nitrogen and oxygen atoms in total. The number of H-pyrrole nitrogens is 1. The second-order valence-corrected chi connectivity index (χ2v) is 3.50. The summed E-state index contributed by atoms with van der Waals surface area (Å²) in [6.45, 7) is 4.23. The first-order valence-electron chi connectivity index (χ1n) is 4.83. The van der Waals surface area contributed by atoms with Crippen molar-refractivity contribution in [1.82, 2.24) is 4.98 Å². The van der Waals surface area contributed by atoms with Gasteiger partial charge in [0.05, 0.1) is 0 Å². The molecule has 0 unspecified atom stereocenters. The molecule has 0 spiro atoms. The van der Waals surface area contributed by atoms with Gasteiger partial charge in [-0.15, -0.1) is 0 Å². The predicted molar refractivity (Wildman–Crippen MR) is 57.6 cm³/mol. The van der Waals surface area contributed by atoms with Gasteiger partial charge in [-0.25, -0.2) is 0 Å². The van der Waals surface area contributed by atoms with Crippen LogP contribution in [0.15, 0.2) is 12.2 Å². The van der Waals surface area contributed by atoms with Crippen LogP contribution in [0.4, 0.5) is 0 Å². The highest BCUT2D eigenvalue weighted by Gasteiger charge is 2.11. The third kappa shape index (κ3) is 1.35. The van der Waals surface area contributed by atoms with Crippen LogP contribution < -0.4 is 0 Å². The van der Waals surface area contributed by atoms with E-state index in [1.807, 2.05) is 0 Å². The zero-order valence-corrected chi connectivity index (χ0v) is 8.22.